The number of benzene rings is 2. The van der Waals surface area contributed by atoms with E-state index in [2.05, 4.69) is 27.9 Å². The summed E-state index contributed by atoms with van der Waals surface area (Å²) in [5, 5.41) is 3.62. The van der Waals surface area contributed by atoms with Crippen LogP contribution in [-0.2, 0) is 26.2 Å². The molecule has 0 aliphatic carbocycles. The van der Waals surface area contributed by atoms with Crippen LogP contribution in [0.2, 0.25) is 10.0 Å². The SMILES string of the molecule is CCCCNC(=O)C(C)N(Cc1ccc(Cl)cc1Cl)C(=O)CN(c1ccc(I)cc1)S(C)(=O)=O. The fraction of sp³-hybridized carbons (Fsp3) is 0.391. The van der Waals surface area contributed by atoms with E-state index in [1.807, 2.05) is 6.92 Å². The van der Waals surface area contributed by atoms with Crippen LogP contribution in [-0.4, -0.2) is 50.5 Å². The van der Waals surface area contributed by atoms with Gasteiger partial charge in [-0.05, 0) is 77.9 Å². The average molecular weight is 640 g/mol. The minimum atomic E-state index is -3.77. The summed E-state index contributed by atoms with van der Waals surface area (Å²) in [6, 6.07) is 10.8. The summed E-state index contributed by atoms with van der Waals surface area (Å²) >= 11 is 14.4. The summed E-state index contributed by atoms with van der Waals surface area (Å²) in [6.45, 7) is 3.66. The minimum Gasteiger partial charge on any atom is -0.354 e. The molecule has 7 nitrogen and oxygen atoms in total. The number of hydrogen-bond acceptors (Lipinski definition) is 4. The highest BCUT2D eigenvalue weighted by Crippen LogP contribution is 2.24. The van der Waals surface area contributed by atoms with E-state index in [9.17, 15) is 18.0 Å². The zero-order valence-corrected chi connectivity index (χ0v) is 23.7. The second-order valence-electron chi connectivity index (χ2n) is 7.82. The van der Waals surface area contributed by atoms with Crippen LogP contribution in [0.1, 0.15) is 32.3 Å². The highest BCUT2D eigenvalue weighted by molar-refractivity contribution is 14.1. The maximum absolute atomic E-state index is 13.5. The second kappa shape index (κ2) is 12.9. The van der Waals surface area contributed by atoms with Crippen LogP contribution in [0.15, 0.2) is 42.5 Å². The summed E-state index contributed by atoms with van der Waals surface area (Å²) in [7, 11) is -3.77. The van der Waals surface area contributed by atoms with Gasteiger partial charge < -0.3 is 10.2 Å². The van der Waals surface area contributed by atoms with Gasteiger partial charge in [-0.1, -0.05) is 42.6 Å². The molecule has 186 valence electrons. The van der Waals surface area contributed by atoms with Crippen molar-refractivity contribution in [3.8, 4) is 0 Å². The molecule has 1 unspecified atom stereocenters. The Morgan fingerprint density at radius 3 is 2.32 bits per heavy atom. The predicted molar refractivity (Wildman–Crippen MR) is 146 cm³/mol. The largest absolute Gasteiger partial charge is 0.354 e. The molecule has 1 N–H and O–H groups in total. The molecule has 1 atom stereocenters. The molecule has 0 aromatic heterocycles. The van der Waals surface area contributed by atoms with Gasteiger partial charge in [0.25, 0.3) is 0 Å². The van der Waals surface area contributed by atoms with Crippen molar-refractivity contribution in [2.24, 2.45) is 0 Å². The zero-order chi connectivity index (χ0) is 25.5. The fourth-order valence-electron chi connectivity index (χ4n) is 3.17. The molecule has 11 heteroatoms. The van der Waals surface area contributed by atoms with Crippen molar-refractivity contribution in [1.29, 1.82) is 0 Å². The molecule has 2 rings (SSSR count). The van der Waals surface area contributed by atoms with E-state index in [-0.39, 0.29) is 12.5 Å². The van der Waals surface area contributed by atoms with Gasteiger partial charge in [0.2, 0.25) is 21.8 Å². The monoisotopic (exact) mass is 639 g/mol. The lowest BCUT2D eigenvalue weighted by Crippen LogP contribution is -2.51. The van der Waals surface area contributed by atoms with Gasteiger partial charge in [0.15, 0.2) is 0 Å². The molecule has 0 bridgehead atoms. The number of carbonyl (C=O) groups excluding carboxylic acids is 2. The Hall–Kier alpha value is -1.56. The van der Waals surface area contributed by atoms with Crippen LogP contribution < -0.4 is 9.62 Å². The van der Waals surface area contributed by atoms with Gasteiger partial charge in [0, 0.05) is 26.7 Å². The van der Waals surface area contributed by atoms with Gasteiger partial charge in [-0.3, -0.25) is 13.9 Å². The summed E-state index contributed by atoms with van der Waals surface area (Å²) in [4.78, 5) is 27.6. The Kier molecular flexibility index (Phi) is 10.9. The van der Waals surface area contributed by atoms with Crippen LogP contribution in [0, 0.1) is 3.57 Å². The van der Waals surface area contributed by atoms with Gasteiger partial charge in [-0.25, -0.2) is 8.42 Å². The lowest BCUT2D eigenvalue weighted by atomic mass is 10.1. The number of unbranched alkanes of at least 4 members (excludes halogenated alkanes) is 1. The van der Waals surface area contributed by atoms with Crippen LogP contribution in [0.3, 0.4) is 0 Å². The number of halogens is 3. The summed E-state index contributed by atoms with van der Waals surface area (Å²) in [5.41, 5.74) is 0.952. The van der Waals surface area contributed by atoms with Gasteiger partial charge in [-0.2, -0.15) is 0 Å². The second-order valence-corrected chi connectivity index (χ2v) is 11.8. The first kappa shape index (κ1) is 28.7. The van der Waals surface area contributed by atoms with E-state index in [4.69, 9.17) is 23.2 Å². The first-order valence-electron chi connectivity index (χ1n) is 10.7. The van der Waals surface area contributed by atoms with E-state index < -0.39 is 28.5 Å². The number of rotatable bonds is 11. The molecule has 0 saturated carbocycles. The number of carbonyl (C=O) groups is 2. The third-order valence-electron chi connectivity index (χ3n) is 5.15. The lowest BCUT2D eigenvalue weighted by Gasteiger charge is -2.31. The Bertz CT molecular complexity index is 1110. The molecule has 2 amide bonds. The highest BCUT2D eigenvalue weighted by atomic mass is 127. The standard InChI is InChI=1S/C23H28Cl2IN3O4S/c1-4-5-12-27-23(31)16(2)28(14-17-6-7-18(24)13-21(17)25)22(30)15-29(34(3,32)33)20-10-8-19(26)9-11-20/h6-11,13,16H,4-5,12,14-15H2,1-3H3,(H,27,31). The number of amides is 2. The molecule has 34 heavy (non-hydrogen) atoms. The Labute approximate surface area is 225 Å². The maximum atomic E-state index is 13.5. The Morgan fingerprint density at radius 2 is 1.76 bits per heavy atom. The molecule has 0 heterocycles. The molecular weight excluding hydrogens is 612 g/mol. The Balaban J connectivity index is 2.37. The molecule has 0 aliphatic rings. The summed E-state index contributed by atoms with van der Waals surface area (Å²) in [5.74, 6) is -0.861. The minimum absolute atomic E-state index is 0.0154. The van der Waals surface area contributed by atoms with Gasteiger partial charge in [0.1, 0.15) is 12.6 Å². The first-order chi connectivity index (χ1) is 15.9. The maximum Gasteiger partial charge on any atom is 0.244 e. The van der Waals surface area contributed by atoms with Crippen LogP contribution in [0.5, 0.6) is 0 Å². The molecule has 0 spiro atoms. The van der Waals surface area contributed by atoms with Crippen molar-refractivity contribution < 1.29 is 18.0 Å². The molecule has 0 radical (unpaired) electrons. The number of nitrogens with zero attached hydrogens (tertiary/aromatic N) is 2. The number of sulfonamides is 1. The van der Waals surface area contributed by atoms with E-state index in [1.54, 1.807) is 49.4 Å². The molecule has 0 saturated heterocycles. The van der Waals surface area contributed by atoms with Gasteiger partial charge in [0.05, 0.1) is 11.9 Å². The third-order valence-corrected chi connectivity index (χ3v) is 7.59. The van der Waals surface area contributed by atoms with E-state index in [1.165, 1.54) is 4.90 Å². The molecular formula is C23H28Cl2IN3O4S. The van der Waals surface area contributed by atoms with Gasteiger partial charge in [-0.15, -0.1) is 0 Å². The number of anilines is 1. The topological polar surface area (TPSA) is 86.8 Å². The smallest absolute Gasteiger partial charge is 0.244 e. The van der Waals surface area contributed by atoms with Gasteiger partial charge >= 0.3 is 0 Å². The van der Waals surface area contributed by atoms with Crippen LogP contribution in [0.25, 0.3) is 0 Å². The zero-order valence-electron chi connectivity index (χ0n) is 19.2. The molecule has 0 aliphatic heterocycles. The summed E-state index contributed by atoms with van der Waals surface area (Å²) < 4.78 is 27.0. The summed E-state index contributed by atoms with van der Waals surface area (Å²) in [6.07, 6.45) is 2.76. The third kappa shape index (κ3) is 8.28. The van der Waals surface area contributed by atoms with E-state index >= 15 is 0 Å². The number of hydrogen-bond donors (Lipinski definition) is 1. The average Bonchev–Trinajstić information content (AvgIpc) is 2.76. The fourth-order valence-corrected chi connectivity index (χ4v) is 4.85. The molecule has 2 aromatic rings. The van der Waals surface area contributed by atoms with Crippen molar-refractivity contribution in [2.45, 2.75) is 39.3 Å². The Morgan fingerprint density at radius 1 is 1.12 bits per heavy atom. The lowest BCUT2D eigenvalue weighted by molar-refractivity contribution is -0.139. The predicted octanol–water partition coefficient (Wildman–Crippen LogP) is 4.70. The van der Waals surface area contributed by atoms with Crippen molar-refractivity contribution in [3.05, 3.63) is 61.6 Å². The van der Waals surface area contributed by atoms with Crippen molar-refractivity contribution in [3.63, 3.8) is 0 Å². The molecule has 2 aromatic carbocycles. The van der Waals surface area contributed by atoms with Crippen LogP contribution >= 0.6 is 45.8 Å². The molecule has 0 fully saturated rings. The van der Waals surface area contributed by atoms with Crippen molar-refractivity contribution >= 4 is 73.3 Å². The van der Waals surface area contributed by atoms with E-state index in [0.29, 0.717) is 27.8 Å². The van der Waals surface area contributed by atoms with Crippen molar-refractivity contribution in [1.82, 2.24) is 10.2 Å². The van der Waals surface area contributed by atoms with E-state index in [0.717, 1.165) is 27.0 Å². The van der Waals surface area contributed by atoms with Crippen LogP contribution in [0.4, 0.5) is 5.69 Å². The first-order valence-corrected chi connectivity index (χ1v) is 14.4. The van der Waals surface area contributed by atoms with Crippen molar-refractivity contribution in [2.75, 3.05) is 23.7 Å². The normalized spacial score (nSPS) is 12.2. The number of nitrogens with one attached hydrogen (secondary N) is 1. The quantitative estimate of drug-likeness (QED) is 0.285. The highest BCUT2D eigenvalue weighted by Gasteiger charge is 2.30.